The molecular formula is C13H24OSi. The predicted molar refractivity (Wildman–Crippen MR) is 68.1 cm³/mol. The van der Waals surface area contributed by atoms with E-state index in [-0.39, 0.29) is 5.60 Å². The zero-order chi connectivity index (χ0) is 11.5. The highest BCUT2D eigenvalue weighted by Crippen LogP contribution is 2.39. The molecule has 1 fully saturated rings. The van der Waals surface area contributed by atoms with E-state index in [1.807, 2.05) is 0 Å². The van der Waals surface area contributed by atoms with E-state index in [4.69, 9.17) is 4.43 Å². The molecule has 1 aliphatic heterocycles. The maximum absolute atomic E-state index is 6.39. The van der Waals surface area contributed by atoms with Crippen molar-refractivity contribution in [1.82, 2.24) is 0 Å². The van der Waals surface area contributed by atoms with Crippen LogP contribution >= 0.6 is 0 Å². The maximum Gasteiger partial charge on any atom is 0.269 e. The third-order valence-electron chi connectivity index (χ3n) is 3.79. The van der Waals surface area contributed by atoms with Gasteiger partial charge in [-0.05, 0) is 38.3 Å². The van der Waals surface area contributed by atoms with Crippen molar-refractivity contribution in [3.05, 3.63) is 0 Å². The third kappa shape index (κ3) is 2.86. The minimum absolute atomic E-state index is 0.0711. The van der Waals surface area contributed by atoms with E-state index in [0.717, 1.165) is 12.8 Å². The Morgan fingerprint density at radius 1 is 1.47 bits per heavy atom. The molecule has 86 valence electrons. The van der Waals surface area contributed by atoms with Crippen LogP contribution in [0.25, 0.3) is 0 Å². The molecule has 0 aromatic carbocycles. The lowest BCUT2D eigenvalue weighted by Gasteiger charge is -2.45. The normalized spacial score (nSPS) is 40.7. The molecule has 1 aliphatic rings. The topological polar surface area (TPSA) is 9.23 Å². The second kappa shape index (κ2) is 4.72. The van der Waals surface area contributed by atoms with E-state index in [1.165, 1.54) is 12.5 Å². The first-order chi connectivity index (χ1) is 6.96. The first kappa shape index (κ1) is 12.8. The van der Waals surface area contributed by atoms with Gasteiger partial charge in [0.05, 0.1) is 5.60 Å². The Kier molecular flexibility index (Phi) is 4.03. The fraction of sp³-hybridized carbons (Fsp3) is 0.846. The minimum Gasteiger partial charge on any atom is -0.400 e. The van der Waals surface area contributed by atoms with Crippen LogP contribution in [0.1, 0.15) is 47.0 Å². The molecule has 0 amide bonds. The second-order valence-electron chi connectivity index (χ2n) is 5.09. The second-order valence-corrected chi connectivity index (χ2v) is 8.51. The largest absolute Gasteiger partial charge is 0.400 e. The van der Waals surface area contributed by atoms with Crippen molar-refractivity contribution >= 4 is 8.32 Å². The van der Waals surface area contributed by atoms with Gasteiger partial charge in [0.2, 0.25) is 0 Å². The first-order valence-electron chi connectivity index (χ1n) is 6.16. The van der Waals surface area contributed by atoms with Gasteiger partial charge in [0.1, 0.15) is 0 Å². The van der Waals surface area contributed by atoms with E-state index in [1.54, 1.807) is 0 Å². The van der Waals surface area contributed by atoms with Gasteiger partial charge in [0.25, 0.3) is 8.32 Å². The molecule has 1 nitrogen and oxygen atoms in total. The van der Waals surface area contributed by atoms with Crippen LogP contribution in [0, 0.1) is 17.4 Å². The van der Waals surface area contributed by atoms with Crippen molar-refractivity contribution in [1.29, 1.82) is 0 Å². The zero-order valence-electron chi connectivity index (χ0n) is 10.8. The molecule has 1 heterocycles. The van der Waals surface area contributed by atoms with E-state index in [2.05, 4.69) is 45.7 Å². The molecular weight excluding hydrogens is 200 g/mol. The highest BCUT2D eigenvalue weighted by atomic mass is 28.4. The van der Waals surface area contributed by atoms with Crippen molar-refractivity contribution < 1.29 is 4.43 Å². The van der Waals surface area contributed by atoms with Gasteiger partial charge in [0.15, 0.2) is 0 Å². The third-order valence-corrected chi connectivity index (χ3v) is 6.65. The summed E-state index contributed by atoms with van der Waals surface area (Å²) in [5.74, 6) is 3.89. The summed E-state index contributed by atoms with van der Waals surface area (Å²) in [5, 5.41) is 0. The summed E-state index contributed by atoms with van der Waals surface area (Å²) in [7, 11) is -1.72. The summed E-state index contributed by atoms with van der Waals surface area (Å²) < 4.78 is 6.39. The van der Waals surface area contributed by atoms with Gasteiger partial charge in [-0.1, -0.05) is 26.3 Å². The quantitative estimate of drug-likeness (QED) is 0.487. The summed E-state index contributed by atoms with van der Waals surface area (Å²) in [6.45, 7) is 11.2. The van der Waals surface area contributed by atoms with Crippen LogP contribution in [0.5, 0.6) is 0 Å². The highest BCUT2D eigenvalue weighted by Gasteiger charge is 2.44. The average Bonchev–Trinajstić information content (AvgIpc) is 2.22. The molecule has 0 aliphatic carbocycles. The van der Waals surface area contributed by atoms with Gasteiger partial charge in [-0.3, -0.25) is 0 Å². The van der Waals surface area contributed by atoms with Gasteiger partial charge < -0.3 is 4.43 Å². The molecule has 0 bridgehead atoms. The van der Waals surface area contributed by atoms with Crippen LogP contribution in [-0.4, -0.2) is 13.9 Å². The van der Waals surface area contributed by atoms with Crippen LogP contribution < -0.4 is 0 Å². The average molecular weight is 224 g/mol. The van der Waals surface area contributed by atoms with Gasteiger partial charge >= 0.3 is 0 Å². The molecule has 0 aromatic rings. The molecule has 3 atom stereocenters. The Balaban J connectivity index is 2.81. The summed E-state index contributed by atoms with van der Waals surface area (Å²) >= 11 is 0. The predicted octanol–water partition coefficient (Wildman–Crippen LogP) is 3.74. The molecule has 3 unspecified atom stereocenters. The van der Waals surface area contributed by atoms with Crippen LogP contribution in [0.4, 0.5) is 0 Å². The van der Waals surface area contributed by atoms with Gasteiger partial charge in [0, 0.05) is 6.42 Å². The van der Waals surface area contributed by atoms with Gasteiger partial charge in [-0.2, -0.15) is 0 Å². The van der Waals surface area contributed by atoms with Crippen LogP contribution in [0.15, 0.2) is 0 Å². The maximum atomic E-state index is 6.39. The molecule has 1 rings (SSSR count). The van der Waals surface area contributed by atoms with E-state index >= 15 is 0 Å². The SMILES string of the molecule is CCC#C[Si]1(C)CCC(C)C(C)(CC)O1. The Hall–Kier alpha value is -0.263. The number of rotatable bonds is 1. The van der Waals surface area contributed by atoms with Gasteiger partial charge in [-0.15, -0.1) is 5.92 Å². The van der Waals surface area contributed by atoms with Crippen molar-refractivity contribution in [3.63, 3.8) is 0 Å². The van der Waals surface area contributed by atoms with Crippen molar-refractivity contribution in [2.75, 3.05) is 0 Å². The molecule has 0 spiro atoms. The molecule has 0 radical (unpaired) electrons. The van der Waals surface area contributed by atoms with E-state index in [9.17, 15) is 0 Å². The molecule has 0 N–H and O–H groups in total. The summed E-state index contributed by atoms with van der Waals surface area (Å²) in [4.78, 5) is 0. The standard InChI is InChI=1S/C13H24OSi/c1-6-8-10-15(5)11-9-12(3)13(4,7-2)14-15/h12H,6-7,9,11H2,1-5H3. The zero-order valence-corrected chi connectivity index (χ0v) is 11.8. The molecule has 0 aromatic heterocycles. The summed E-state index contributed by atoms with van der Waals surface area (Å²) in [6.07, 6.45) is 3.33. The summed E-state index contributed by atoms with van der Waals surface area (Å²) in [6, 6.07) is 1.21. The Bertz CT molecular complexity index is 278. The lowest BCUT2D eigenvalue weighted by molar-refractivity contribution is 0.00414. The highest BCUT2D eigenvalue weighted by molar-refractivity contribution is 6.80. The number of hydrogen-bond donors (Lipinski definition) is 0. The van der Waals surface area contributed by atoms with Crippen LogP contribution in [-0.2, 0) is 4.43 Å². The molecule has 2 heteroatoms. The van der Waals surface area contributed by atoms with Gasteiger partial charge in [-0.25, -0.2) is 0 Å². The molecule has 1 saturated heterocycles. The Morgan fingerprint density at radius 2 is 2.13 bits per heavy atom. The Morgan fingerprint density at radius 3 is 2.67 bits per heavy atom. The minimum atomic E-state index is -1.72. The lowest BCUT2D eigenvalue weighted by Crippen LogP contribution is -2.52. The van der Waals surface area contributed by atoms with Crippen molar-refractivity contribution in [2.24, 2.45) is 5.92 Å². The fourth-order valence-electron chi connectivity index (χ4n) is 2.25. The lowest BCUT2D eigenvalue weighted by atomic mass is 9.86. The molecule has 15 heavy (non-hydrogen) atoms. The van der Waals surface area contributed by atoms with E-state index in [0.29, 0.717) is 5.92 Å². The fourth-order valence-corrected chi connectivity index (χ4v) is 5.43. The summed E-state index contributed by atoms with van der Waals surface area (Å²) in [5.41, 5.74) is 3.50. The van der Waals surface area contributed by atoms with Crippen LogP contribution in [0.2, 0.25) is 12.6 Å². The molecule has 0 saturated carbocycles. The smallest absolute Gasteiger partial charge is 0.269 e. The number of hydrogen-bond acceptors (Lipinski definition) is 1. The Labute approximate surface area is 95.7 Å². The van der Waals surface area contributed by atoms with Crippen LogP contribution in [0.3, 0.4) is 0 Å². The van der Waals surface area contributed by atoms with Crippen molar-refractivity contribution in [3.8, 4) is 11.5 Å². The monoisotopic (exact) mass is 224 g/mol. The first-order valence-corrected chi connectivity index (χ1v) is 8.77. The van der Waals surface area contributed by atoms with Crippen molar-refractivity contribution in [2.45, 2.75) is 65.1 Å². The van der Waals surface area contributed by atoms with E-state index < -0.39 is 8.32 Å².